The zero-order chi connectivity index (χ0) is 7.83. The molecule has 10 heavy (non-hydrogen) atoms. The van der Waals surface area contributed by atoms with Crippen molar-refractivity contribution in [2.75, 3.05) is 13.2 Å². The Morgan fingerprint density at radius 3 is 1.90 bits per heavy atom. The fraction of sp³-hybridized carbons (Fsp3) is 1.00. The summed E-state index contributed by atoms with van der Waals surface area (Å²) >= 11 is 8.31. The maximum absolute atomic E-state index is 5.33. The molecule has 0 amide bonds. The third-order valence-corrected chi connectivity index (χ3v) is 3.89. The van der Waals surface area contributed by atoms with Gasteiger partial charge in [0.05, 0.1) is 0 Å². The summed E-state index contributed by atoms with van der Waals surface area (Å²) in [6, 6.07) is 0. The summed E-state index contributed by atoms with van der Waals surface area (Å²) in [5.74, 6) is 0. The fourth-order valence-electron chi connectivity index (χ4n) is 0.662. The van der Waals surface area contributed by atoms with Gasteiger partial charge in [0.1, 0.15) is 0 Å². The van der Waals surface area contributed by atoms with Crippen molar-refractivity contribution in [1.82, 2.24) is 0 Å². The molecule has 1 rings (SSSR count). The van der Waals surface area contributed by atoms with Gasteiger partial charge in [-0.1, -0.05) is 0 Å². The third-order valence-electron chi connectivity index (χ3n) is 1.30. The van der Waals surface area contributed by atoms with E-state index in [9.17, 15) is 0 Å². The molecule has 0 N–H and O–H groups in total. The van der Waals surface area contributed by atoms with Gasteiger partial charge in [0, 0.05) is 0 Å². The Hall–Kier alpha value is 1.05. The van der Waals surface area contributed by atoms with E-state index in [0.717, 1.165) is 0 Å². The maximum atomic E-state index is 5.33. The Kier molecular flexibility index (Phi) is 2.59. The van der Waals surface area contributed by atoms with Gasteiger partial charge in [-0.15, -0.1) is 0 Å². The van der Waals surface area contributed by atoms with Gasteiger partial charge < -0.3 is 0 Å². The molecule has 0 aromatic rings. The molecule has 2 nitrogen and oxygen atoms in total. The van der Waals surface area contributed by atoms with E-state index >= 15 is 0 Å². The minimum atomic E-state index is -2.29. The standard InChI is InChI=1S/C5H13O2PS2/c1-5(2)3-6-8(9,10)7-4-5/h8-10H,3-4H2,1-2H3. The van der Waals surface area contributed by atoms with Gasteiger partial charge in [-0.3, -0.25) is 0 Å². The van der Waals surface area contributed by atoms with Crippen LogP contribution in [0.3, 0.4) is 0 Å². The van der Waals surface area contributed by atoms with Gasteiger partial charge in [0.2, 0.25) is 0 Å². The molecular weight excluding hydrogens is 187 g/mol. The molecule has 0 bridgehead atoms. The normalized spacial score (nSPS) is 33.2. The first-order valence-electron chi connectivity index (χ1n) is 3.14. The Morgan fingerprint density at radius 2 is 1.60 bits per heavy atom. The summed E-state index contributed by atoms with van der Waals surface area (Å²) in [5, 5.41) is 0. The number of thiol groups is 2. The molecule has 0 aromatic carbocycles. The van der Waals surface area contributed by atoms with Crippen LogP contribution in [-0.4, -0.2) is 13.2 Å². The molecule has 5 heteroatoms. The summed E-state index contributed by atoms with van der Waals surface area (Å²) in [6.07, 6.45) is -2.29. The monoisotopic (exact) mass is 200 g/mol. The van der Waals surface area contributed by atoms with Crippen molar-refractivity contribution in [1.29, 1.82) is 0 Å². The summed E-state index contributed by atoms with van der Waals surface area (Å²) < 4.78 is 10.7. The second-order valence-corrected chi connectivity index (χ2v) is 9.56. The van der Waals surface area contributed by atoms with Crippen LogP contribution in [0.4, 0.5) is 0 Å². The molecule has 0 aromatic heterocycles. The minimum absolute atomic E-state index is 0.127. The molecule has 1 heterocycles. The Morgan fingerprint density at radius 1 is 1.20 bits per heavy atom. The van der Waals surface area contributed by atoms with Crippen LogP contribution in [0.15, 0.2) is 0 Å². The Bertz CT molecular complexity index is 110. The van der Waals surface area contributed by atoms with Crippen molar-refractivity contribution in [2.45, 2.75) is 13.8 Å². The average molecular weight is 200 g/mol. The second kappa shape index (κ2) is 2.83. The predicted octanol–water partition coefficient (Wildman–Crippen LogP) is 2.33. The topological polar surface area (TPSA) is 18.5 Å². The fourth-order valence-corrected chi connectivity index (χ4v) is 2.68. The molecule has 1 aliphatic heterocycles. The molecule has 1 saturated heterocycles. The predicted molar refractivity (Wildman–Crippen MR) is 52.0 cm³/mol. The average Bonchev–Trinajstić information content (AvgIpc) is 1.79. The zero-order valence-electron chi connectivity index (χ0n) is 6.13. The van der Waals surface area contributed by atoms with Gasteiger partial charge in [0.25, 0.3) is 0 Å². The van der Waals surface area contributed by atoms with Crippen molar-refractivity contribution >= 4 is 30.6 Å². The van der Waals surface area contributed by atoms with E-state index in [2.05, 4.69) is 38.3 Å². The van der Waals surface area contributed by atoms with Crippen molar-refractivity contribution < 1.29 is 9.05 Å². The van der Waals surface area contributed by atoms with Crippen LogP contribution < -0.4 is 0 Å². The van der Waals surface area contributed by atoms with Gasteiger partial charge >= 0.3 is 72.1 Å². The molecule has 0 aliphatic carbocycles. The first kappa shape index (κ1) is 9.14. The molecule has 1 aliphatic rings. The molecule has 0 saturated carbocycles. The van der Waals surface area contributed by atoms with Crippen molar-refractivity contribution in [3.05, 3.63) is 0 Å². The molecular formula is C5H13O2PS2. The van der Waals surface area contributed by atoms with Crippen LogP contribution in [0.25, 0.3) is 0 Å². The molecule has 0 atom stereocenters. The number of hydrogen-bond donors (Lipinski definition) is 2. The summed E-state index contributed by atoms with van der Waals surface area (Å²) in [7, 11) is 0. The molecule has 0 spiro atoms. The molecule has 0 radical (unpaired) electrons. The van der Waals surface area contributed by atoms with E-state index in [4.69, 9.17) is 9.05 Å². The van der Waals surface area contributed by atoms with Gasteiger partial charge in [0.15, 0.2) is 0 Å². The van der Waals surface area contributed by atoms with Crippen molar-refractivity contribution in [3.63, 3.8) is 0 Å². The van der Waals surface area contributed by atoms with Crippen LogP contribution in [0.5, 0.6) is 0 Å². The molecule has 0 unspecified atom stereocenters. The molecule has 62 valence electrons. The Labute approximate surface area is 72.5 Å². The SMILES string of the molecule is CC1(C)CO[PH](S)(S)OC1. The number of rotatable bonds is 0. The van der Waals surface area contributed by atoms with Crippen molar-refractivity contribution in [2.24, 2.45) is 5.41 Å². The van der Waals surface area contributed by atoms with Gasteiger partial charge in [-0.2, -0.15) is 0 Å². The van der Waals surface area contributed by atoms with Gasteiger partial charge in [-0.25, -0.2) is 0 Å². The van der Waals surface area contributed by atoms with E-state index in [0.29, 0.717) is 13.2 Å². The van der Waals surface area contributed by atoms with E-state index in [1.807, 2.05) is 0 Å². The van der Waals surface area contributed by atoms with E-state index in [-0.39, 0.29) is 5.41 Å². The number of hydrogen-bond acceptors (Lipinski definition) is 4. The quantitative estimate of drug-likeness (QED) is 0.462. The van der Waals surface area contributed by atoms with Crippen LogP contribution in [0, 0.1) is 5.41 Å². The van der Waals surface area contributed by atoms with Crippen molar-refractivity contribution in [3.8, 4) is 0 Å². The van der Waals surface area contributed by atoms with Crippen LogP contribution in [0.1, 0.15) is 13.8 Å². The van der Waals surface area contributed by atoms with E-state index in [1.54, 1.807) is 0 Å². The molecule has 1 fully saturated rings. The van der Waals surface area contributed by atoms with Crippen LogP contribution in [0.2, 0.25) is 0 Å². The summed E-state index contributed by atoms with van der Waals surface area (Å²) in [4.78, 5) is 0. The van der Waals surface area contributed by atoms with E-state index < -0.39 is 6.12 Å². The third kappa shape index (κ3) is 2.59. The zero-order valence-corrected chi connectivity index (χ0v) is 8.91. The first-order chi connectivity index (χ1) is 4.41. The summed E-state index contributed by atoms with van der Waals surface area (Å²) in [6.45, 7) is 5.59. The Balaban J connectivity index is 2.46. The van der Waals surface area contributed by atoms with Crippen LogP contribution >= 0.6 is 30.6 Å². The van der Waals surface area contributed by atoms with Gasteiger partial charge in [-0.05, 0) is 0 Å². The van der Waals surface area contributed by atoms with E-state index in [1.165, 1.54) is 0 Å². The van der Waals surface area contributed by atoms with Crippen LogP contribution in [-0.2, 0) is 9.05 Å². The first-order valence-corrected chi connectivity index (χ1v) is 7.53. The summed E-state index contributed by atoms with van der Waals surface area (Å²) in [5.41, 5.74) is 0.127. The second-order valence-electron chi connectivity index (χ2n) is 3.29.